The van der Waals surface area contributed by atoms with Crippen molar-refractivity contribution in [3.05, 3.63) is 97.9 Å². The lowest BCUT2D eigenvalue weighted by atomic mass is 10.1. The molecule has 144 valence electrons. The second-order valence-corrected chi connectivity index (χ2v) is 6.97. The van der Waals surface area contributed by atoms with E-state index in [1.54, 1.807) is 30.3 Å². The molecule has 0 spiro atoms. The van der Waals surface area contributed by atoms with E-state index in [4.69, 9.17) is 16.3 Å². The van der Waals surface area contributed by atoms with Crippen molar-refractivity contribution in [3.63, 3.8) is 0 Å². The van der Waals surface area contributed by atoms with Crippen LogP contribution in [0.1, 0.15) is 32.7 Å². The van der Waals surface area contributed by atoms with E-state index in [1.165, 1.54) is 0 Å². The van der Waals surface area contributed by atoms with Gasteiger partial charge in [0, 0.05) is 22.8 Å². The number of H-pyrrole nitrogens is 1. The largest absolute Gasteiger partial charge is 0.488 e. The molecule has 1 aromatic heterocycles. The van der Waals surface area contributed by atoms with Gasteiger partial charge < -0.3 is 15.0 Å². The van der Waals surface area contributed by atoms with Crippen LogP contribution in [0.15, 0.2) is 59.4 Å². The number of para-hydroxylation sites is 1. The van der Waals surface area contributed by atoms with Gasteiger partial charge in [-0.05, 0) is 55.3 Å². The van der Waals surface area contributed by atoms with Gasteiger partial charge in [-0.3, -0.25) is 9.59 Å². The Morgan fingerprint density at radius 1 is 1.11 bits per heavy atom. The van der Waals surface area contributed by atoms with Gasteiger partial charge in [-0.1, -0.05) is 35.9 Å². The fourth-order valence-corrected chi connectivity index (χ4v) is 3.01. The van der Waals surface area contributed by atoms with Gasteiger partial charge in [0.25, 0.3) is 11.5 Å². The predicted octanol–water partition coefficient (Wildman–Crippen LogP) is 4.15. The second-order valence-electron chi connectivity index (χ2n) is 6.54. The number of carbonyl (C=O) groups excluding carboxylic acids is 1. The molecule has 5 nitrogen and oxygen atoms in total. The number of halogens is 1. The summed E-state index contributed by atoms with van der Waals surface area (Å²) in [4.78, 5) is 27.5. The Balaban J connectivity index is 1.70. The van der Waals surface area contributed by atoms with Crippen LogP contribution in [-0.4, -0.2) is 10.9 Å². The van der Waals surface area contributed by atoms with Crippen molar-refractivity contribution in [1.82, 2.24) is 10.3 Å². The van der Waals surface area contributed by atoms with E-state index >= 15 is 0 Å². The molecule has 0 saturated heterocycles. The molecule has 3 rings (SSSR count). The highest BCUT2D eigenvalue weighted by atomic mass is 35.5. The van der Waals surface area contributed by atoms with Crippen molar-refractivity contribution in [2.75, 3.05) is 0 Å². The smallest absolute Gasteiger partial charge is 0.255 e. The van der Waals surface area contributed by atoms with Crippen LogP contribution in [0.5, 0.6) is 5.75 Å². The maximum atomic E-state index is 12.7. The van der Waals surface area contributed by atoms with Gasteiger partial charge in [-0.2, -0.15) is 0 Å². The van der Waals surface area contributed by atoms with Crippen molar-refractivity contribution in [2.45, 2.75) is 27.0 Å². The number of aryl methyl sites for hydroxylation is 2. The summed E-state index contributed by atoms with van der Waals surface area (Å²) in [6, 6.07) is 16.2. The van der Waals surface area contributed by atoms with Crippen LogP contribution in [0.3, 0.4) is 0 Å². The van der Waals surface area contributed by atoms with E-state index in [0.717, 1.165) is 16.8 Å². The molecular formula is C22H21ClN2O3. The molecule has 0 bridgehead atoms. The molecule has 28 heavy (non-hydrogen) atoms. The summed E-state index contributed by atoms with van der Waals surface area (Å²) in [6.45, 7) is 4.14. The summed E-state index contributed by atoms with van der Waals surface area (Å²) >= 11 is 5.89. The molecule has 0 saturated carbocycles. The highest BCUT2D eigenvalue weighted by Crippen LogP contribution is 2.20. The average Bonchev–Trinajstić information content (AvgIpc) is 2.67. The van der Waals surface area contributed by atoms with Crippen LogP contribution in [0.4, 0.5) is 0 Å². The third-order valence-electron chi connectivity index (χ3n) is 4.36. The van der Waals surface area contributed by atoms with Crippen LogP contribution in [0, 0.1) is 13.8 Å². The van der Waals surface area contributed by atoms with Crippen molar-refractivity contribution in [2.24, 2.45) is 0 Å². The van der Waals surface area contributed by atoms with E-state index in [2.05, 4.69) is 10.3 Å². The predicted molar refractivity (Wildman–Crippen MR) is 110 cm³/mol. The summed E-state index contributed by atoms with van der Waals surface area (Å²) in [6.07, 6.45) is 0. The van der Waals surface area contributed by atoms with E-state index in [1.807, 2.05) is 38.1 Å². The maximum absolute atomic E-state index is 12.7. The van der Waals surface area contributed by atoms with E-state index in [0.29, 0.717) is 28.5 Å². The minimum absolute atomic E-state index is 0.145. The van der Waals surface area contributed by atoms with E-state index in [9.17, 15) is 9.59 Å². The lowest BCUT2D eigenvalue weighted by Gasteiger charge is -2.12. The Labute approximate surface area is 168 Å². The number of amides is 1. The molecule has 2 aromatic carbocycles. The summed E-state index contributed by atoms with van der Waals surface area (Å²) < 4.78 is 5.83. The molecule has 0 fully saturated rings. The summed E-state index contributed by atoms with van der Waals surface area (Å²) in [5.41, 5.74) is 3.34. The first-order chi connectivity index (χ1) is 13.4. The molecule has 6 heteroatoms. The van der Waals surface area contributed by atoms with Crippen molar-refractivity contribution in [1.29, 1.82) is 0 Å². The Hall–Kier alpha value is -3.05. The molecule has 0 aliphatic carbocycles. The first-order valence-corrected chi connectivity index (χ1v) is 9.25. The third-order valence-corrected chi connectivity index (χ3v) is 4.61. The zero-order valence-electron chi connectivity index (χ0n) is 15.7. The van der Waals surface area contributed by atoms with Gasteiger partial charge in [0.1, 0.15) is 12.4 Å². The molecule has 2 N–H and O–H groups in total. The minimum atomic E-state index is -0.300. The van der Waals surface area contributed by atoms with Gasteiger partial charge in [-0.15, -0.1) is 0 Å². The Kier molecular flexibility index (Phi) is 6.16. The fraction of sp³-hybridized carbons (Fsp3) is 0.182. The zero-order chi connectivity index (χ0) is 20.1. The van der Waals surface area contributed by atoms with Crippen LogP contribution in [0.25, 0.3) is 0 Å². The first-order valence-electron chi connectivity index (χ1n) is 8.88. The summed E-state index contributed by atoms with van der Waals surface area (Å²) in [5, 5.41) is 3.46. The normalized spacial score (nSPS) is 10.5. The highest BCUT2D eigenvalue weighted by Gasteiger charge is 2.14. The number of hydrogen-bond acceptors (Lipinski definition) is 3. The van der Waals surface area contributed by atoms with Gasteiger partial charge in [0.05, 0.1) is 5.56 Å². The molecule has 1 amide bonds. The summed E-state index contributed by atoms with van der Waals surface area (Å²) in [7, 11) is 0. The van der Waals surface area contributed by atoms with Gasteiger partial charge >= 0.3 is 0 Å². The third kappa shape index (κ3) is 4.81. The second kappa shape index (κ2) is 8.76. The quantitative estimate of drug-likeness (QED) is 0.657. The Bertz CT molecular complexity index is 1040. The maximum Gasteiger partial charge on any atom is 0.255 e. The van der Waals surface area contributed by atoms with Crippen molar-refractivity contribution >= 4 is 17.5 Å². The first kappa shape index (κ1) is 19.7. The van der Waals surface area contributed by atoms with E-state index < -0.39 is 0 Å². The van der Waals surface area contributed by atoms with Gasteiger partial charge in [0.2, 0.25) is 0 Å². The molecule has 0 unspecified atom stereocenters. The standard InChI is InChI=1S/C22H21ClN2O3/c1-14-11-15(2)25-22(27)19(14)12-24-21(26)18-5-3-4-6-20(18)28-13-16-7-9-17(23)10-8-16/h3-11H,12-13H2,1-2H3,(H,24,26)(H,25,27). The Morgan fingerprint density at radius 3 is 2.54 bits per heavy atom. The molecular weight excluding hydrogens is 376 g/mol. The van der Waals surface area contributed by atoms with Crippen molar-refractivity contribution in [3.8, 4) is 5.75 Å². The van der Waals surface area contributed by atoms with Crippen LogP contribution >= 0.6 is 11.6 Å². The topological polar surface area (TPSA) is 71.2 Å². The average molecular weight is 397 g/mol. The van der Waals surface area contributed by atoms with Crippen LogP contribution in [0.2, 0.25) is 5.02 Å². The number of aromatic amines is 1. The molecule has 0 radical (unpaired) electrons. The number of carbonyl (C=O) groups is 1. The zero-order valence-corrected chi connectivity index (χ0v) is 16.5. The molecule has 3 aromatic rings. The number of aromatic nitrogens is 1. The lowest BCUT2D eigenvalue weighted by molar-refractivity contribution is 0.0946. The monoisotopic (exact) mass is 396 g/mol. The number of benzene rings is 2. The molecule has 0 atom stereocenters. The number of ether oxygens (including phenoxy) is 1. The van der Waals surface area contributed by atoms with Crippen LogP contribution in [-0.2, 0) is 13.2 Å². The number of pyridine rings is 1. The molecule has 0 aliphatic heterocycles. The number of nitrogens with one attached hydrogen (secondary N) is 2. The number of rotatable bonds is 6. The van der Waals surface area contributed by atoms with E-state index in [-0.39, 0.29) is 18.0 Å². The number of hydrogen-bond donors (Lipinski definition) is 2. The Morgan fingerprint density at radius 2 is 1.82 bits per heavy atom. The fourth-order valence-electron chi connectivity index (χ4n) is 2.89. The van der Waals surface area contributed by atoms with Crippen LogP contribution < -0.4 is 15.6 Å². The molecule has 0 aliphatic rings. The van der Waals surface area contributed by atoms with Gasteiger partial charge in [-0.25, -0.2) is 0 Å². The molecule has 1 heterocycles. The van der Waals surface area contributed by atoms with Gasteiger partial charge in [0.15, 0.2) is 0 Å². The van der Waals surface area contributed by atoms with Crippen molar-refractivity contribution < 1.29 is 9.53 Å². The lowest BCUT2D eigenvalue weighted by Crippen LogP contribution is -2.28. The minimum Gasteiger partial charge on any atom is -0.488 e. The SMILES string of the molecule is Cc1cc(C)c(CNC(=O)c2ccccc2OCc2ccc(Cl)cc2)c(=O)[nH]1. The summed E-state index contributed by atoms with van der Waals surface area (Å²) in [5.74, 6) is 0.176. The highest BCUT2D eigenvalue weighted by molar-refractivity contribution is 6.30.